The fourth-order valence-corrected chi connectivity index (χ4v) is 2.67. The number of ether oxygens (including phenoxy) is 3. The van der Waals surface area contributed by atoms with E-state index in [9.17, 15) is 4.79 Å². The number of carbonyl (C=O) groups is 1. The second kappa shape index (κ2) is 7.44. The minimum atomic E-state index is -0.429. The second-order valence-corrected chi connectivity index (χ2v) is 6.13. The van der Waals surface area contributed by atoms with Crippen LogP contribution in [-0.2, 0) is 14.3 Å². The van der Waals surface area contributed by atoms with Crippen LogP contribution in [0.5, 0.6) is 5.75 Å². The number of hydrogen-bond donors (Lipinski definition) is 0. The van der Waals surface area contributed by atoms with Crippen molar-refractivity contribution in [1.29, 1.82) is 5.26 Å². The van der Waals surface area contributed by atoms with Gasteiger partial charge < -0.3 is 19.1 Å². The van der Waals surface area contributed by atoms with Crippen molar-refractivity contribution in [1.82, 2.24) is 4.90 Å². The van der Waals surface area contributed by atoms with Gasteiger partial charge in [0.15, 0.2) is 6.61 Å². The number of methoxy groups -OCH3 is 1. The van der Waals surface area contributed by atoms with Gasteiger partial charge >= 0.3 is 0 Å². The molecule has 1 heterocycles. The van der Waals surface area contributed by atoms with Gasteiger partial charge in [0.05, 0.1) is 23.9 Å². The molecule has 0 aliphatic carbocycles. The number of hydrogen-bond acceptors (Lipinski definition) is 5. The van der Waals surface area contributed by atoms with Crippen LogP contribution in [0.15, 0.2) is 24.3 Å². The molecule has 1 aromatic rings. The van der Waals surface area contributed by atoms with Gasteiger partial charge in [-0.3, -0.25) is 4.79 Å². The molecular weight excluding hydrogens is 296 g/mol. The topological polar surface area (TPSA) is 71.8 Å². The van der Waals surface area contributed by atoms with Crippen molar-refractivity contribution in [3.8, 4) is 11.8 Å². The number of amides is 1. The van der Waals surface area contributed by atoms with E-state index >= 15 is 0 Å². The van der Waals surface area contributed by atoms with Gasteiger partial charge in [0.25, 0.3) is 5.91 Å². The van der Waals surface area contributed by atoms with E-state index in [1.165, 1.54) is 0 Å². The maximum Gasteiger partial charge on any atom is 0.260 e. The highest BCUT2D eigenvalue weighted by atomic mass is 16.5. The average molecular weight is 318 g/mol. The molecule has 0 aromatic heterocycles. The number of carbonyl (C=O) groups excluding carboxylic acids is 1. The molecule has 1 amide bonds. The molecule has 0 saturated carbocycles. The van der Waals surface area contributed by atoms with E-state index in [1.54, 1.807) is 36.3 Å². The van der Waals surface area contributed by atoms with Crippen molar-refractivity contribution in [2.75, 3.05) is 33.4 Å². The Balaban J connectivity index is 1.98. The summed E-state index contributed by atoms with van der Waals surface area (Å²) in [6.45, 7) is 5.19. The van der Waals surface area contributed by atoms with Gasteiger partial charge in [0, 0.05) is 20.2 Å². The summed E-state index contributed by atoms with van der Waals surface area (Å²) >= 11 is 0. The zero-order chi connectivity index (χ0) is 16.9. The van der Waals surface area contributed by atoms with Crippen LogP contribution in [0.1, 0.15) is 19.4 Å². The van der Waals surface area contributed by atoms with Crippen molar-refractivity contribution >= 4 is 5.91 Å². The number of para-hydroxylation sites is 1. The molecule has 6 heteroatoms. The molecule has 1 aromatic carbocycles. The van der Waals surface area contributed by atoms with E-state index in [0.717, 1.165) is 0 Å². The van der Waals surface area contributed by atoms with Crippen LogP contribution in [-0.4, -0.2) is 55.9 Å². The zero-order valence-corrected chi connectivity index (χ0v) is 13.7. The SMILES string of the molecule is COC[C@@H]1CN(C(=O)COc2ccccc2C#N)CC(C)(C)O1. The fraction of sp³-hybridized carbons (Fsp3) is 0.529. The lowest BCUT2D eigenvalue weighted by Gasteiger charge is -2.42. The van der Waals surface area contributed by atoms with Crippen molar-refractivity contribution in [2.24, 2.45) is 0 Å². The third kappa shape index (κ3) is 4.68. The predicted molar refractivity (Wildman–Crippen MR) is 84.1 cm³/mol. The lowest BCUT2D eigenvalue weighted by molar-refractivity contribution is -0.170. The number of rotatable bonds is 5. The van der Waals surface area contributed by atoms with Gasteiger partial charge in [-0.15, -0.1) is 0 Å². The molecule has 0 N–H and O–H groups in total. The third-order valence-corrected chi connectivity index (χ3v) is 3.55. The van der Waals surface area contributed by atoms with Gasteiger partial charge in [-0.1, -0.05) is 12.1 Å². The van der Waals surface area contributed by atoms with E-state index in [4.69, 9.17) is 19.5 Å². The molecule has 124 valence electrons. The fourth-order valence-electron chi connectivity index (χ4n) is 2.67. The molecule has 0 bridgehead atoms. The summed E-state index contributed by atoms with van der Waals surface area (Å²) in [6, 6.07) is 8.92. The molecule has 1 atom stereocenters. The Bertz CT molecular complexity index is 595. The summed E-state index contributed by atoms with van der Waals surface area (Å²) in [7, 11) is 1.61. The smallest absolute Gasteiger partial charge is 0.260 e. The van der Waals surface area contributed by atoms with Crippen LogP contribution in [0.25, 0.3) is 0 Å². The number of nitriles is 1. The maximum absolute atomic E-state index is 12.4. The van der Waals surface area contributed by atoms with Crippen LogP contribution in [0, 0.1) is 11.3 Å². The van der Waals surface area contributed by atoms with Crippen molar-refractivity contribution in [2.45, 2.75) is 25.6 Å². The Labute approximate surface area is 136 Å². The summed E-state index contributed by atoms with van der Waals surface area (Å²) in [6.07, 6.45) is -0.154. The molecule has 1 saturated heterocycles. The van der Waals surface area contributed by atoms with Gasteiger partial charge in [-0.2, -0.15) is 5.26 Å². The summed E-state index contributed by atoms with van der Waals surface area (Å²) in [5.74, 6) is 0.291. The van der Waals surface area contributed by atoms with Crippen LogP contribution < -0.4 is 4.74 Å². The van der Waals surface area contributed by atoms with Gasteiger partial charge in [-0.05, 0) is 26.0 Å². The normalized spacial score (nSPS) is 19.9. The number of benzene rings is 1. The first kappa shape index (κ1) is 17.3. The van der Waals surface area contributed by atoms with Crippen LogP contribution in [0.4, 0.5) is 0 Å². The summed E-state index contributed by atoms with van der Waals surface area (Å²) in [5, 5.41) is 9.04. The van der Waals surface area contributed by atoms with Gasteiger partial charge in [-0.25, -0.2) is 0 Å². The molecular formula is C17H22N2O4. The first-order chi connectivity index (χ1) is 10.9. The highest BCUT2D eigenvalue weighted by molar-refractivity contribution is 5.78. The third-order valence-electron chi connectivity index (χ3n) is 3.55. The largest absolute Gasteiger partial charge is 0.482 e. The quantitative estimate of drug-likeness (QED) is 0.824. The van der Waals surface area contributed by atoms with Crippen LogP contribution in [0.3, 0.4) is 0 Å². The molecule has 0 unspecified atom stereocenters. The van der Waals surface area contributed by atoms with E-state index in [1.807, 2.05) is 19.9 Å². The van der Waals surface area contributed by atoms with E-state index < -0.39 is 5.60 Å². The lowest BCUT2D eigenvalue weighted by atomic mass is 10.1. The maximum atomic E-state index is 12.4. The van der Waals surface area contributed by atoms with Crippen LogP contribution >= 0.6 is 0 Å². The first-order valence-electron chi connectivity index (χ1n) is 7.51. The molecule has 6 nitrogen and oxygen atoms in total. The Kier molecular flexibility index (Phi) is 5.59. The minimum absolute atomic E-state index is 0.103. The monoisotopic (exact) mass is 318 g/mol. The molecule has 0 radical (unpaired) electrons. The van der Waals surface area contributed by atoms with Crippen molar-refractivity contribution < 1.29 is 19.0 Å². The predicted octanol–water partition coefficient (Wildman–Crippen LogP) is 1.59. The second-order valence-electron chi connectivity index (χ2n) is 6.13. The van der Waals surface area contributed by atoms with Crippen LogP contribution in [0.2, 0.25) is 0 Å². The lowest BCUT2D eigenvalue weighted by Crippen LogP contribution is -2.56. The molecule has 0 spiro atoms. The van der Waals surface area contributed by atoms with Gasteiger partial charge in [0.2, 0.25) is 0 Å². The van der Waals surface area contributed by atoms with E-state index in [0.29, 0.717) is 31.0 Å². The summed E-state index contributed by atoms with van der Waals surface area (Å²) in [5.41, 5.74) is -0.0124. The first-order valence-corrected chi connectivity index (χ1v) is 7.51. The average Bonchev–Trinajstić information content (AvgIpc) is 2.51. The van der Waals surface area contributed by atoms with E-state index in [2.05, 4.69) is 0 Å². The standard InChI is InChI=1S/C17H22N2O4/c1-17(2)12-19(9-14(23-17)10-21-3)16(20)11-22-15-7-5-4-6-13(15)8-18/h4-7,14H,9-12H2,1-3H3/t14-/m0/s1. The Morgan fingerprint density at radius 2 is 2.22 bits per heavy atom. The number of nitrogens with zero attached hydrogens (tertiary/aromatic N) is 2. The Morgan fingerprint density at radius 3 is 2.91 bits per heavy atom. The molecule has 2 rings (SSSR count). The Morgan fingerprint density at radius 1 is 1.48 bits per heavy atom. The molecule has 23 heavy (non-hydrogen) atoms. The molecule has 1 aliphatic heterocycles. The van der Waals surface area contributed by atoms with E-state index in [-0.39, 0.29) is 18.6 Å². The summed E-state index contributed by atoms with van der Waals surface area (Å²) in [4.78, 5) is 14.2. The zero-order valence-electron chi connectivity index (χ0n) is 13.7. The van der Waals surface area contributed by atoms with Crippen molar-refractivity contribution in [3.05, 3.63) is 29.8 Å². The summed E-state index contributed by atoms with van der Waals surface area (Å²) < 4.78 is 16.5. The molecule has 1 fully saturated rings. The highest BCUT2D eigenvalue weighted by Crippen LogP contribution is 2.22. The number of morpholine rings is 1. The van der Waals surface area contributed by atoms with Gasteiger partial charge in [0.1, 0.15) is 11.8 Å². The Hall–Kier alpha value is -2.10. The van der Waals surface area contributed by atoms with Crippen molar-refractivity contribution in [3.63, 3.8) is 0 Å². The molecule has 1 aliphatic rings. The minimum Gasteiger partial charge on any atom is -0.482 e. The highest BCUT2D eigenvalue weighted by Gasteiger charge is 2.35.